The summed E-state index contributed by atoms with van der Waals surface area (Å²) in [5.74, 6) is 0.0712. The first kappa shape index (κ1) is 24.8. The zero-order chi connectivity index (χ0) is 25.5. The van der Waals surface area contributed by atoms with Crippen molar-refractivity contribution in [3.63, 3.8) is 0 Å². The molecule has 2 amide bonds. The predicted molar refractivity (Wildman–Crippen MR) is 136 cm³/mol. The fraction of sp³-hybridized carbons (Fsp3) is 0.259. The third kappa shape index (κ3) is 6.03. The molecule has 1 saturated heterocycles. The van der Waals surface area contributed by atoms with Crippen molar-refractivity contribution < 1.29 is 14.0 Å². The number of hydrogen-bond acceptors (Lipinski definition) is 6. The normalized spacial score (nSPS) is 15.6. The Morgan fingerprint density at radius 3 is 2.83 bits per heavy atom. The summed E-state index contributed by atoms with van der Waals surface area (Å²) in [6.07, 6.45) is 1.26. The molecule has 1 unspecified atom stereocenters. The molecule has 1 atom stereocenters. The van der Waals surface area contributed by atoms with E-state index in [4.69, 9.17) is 4.98 Å². The molecule has 0 radical (unpaired) electrons. The highest BCUT2D eigenvalue weighted by atomic mass is 19.1. The van der Waals surface area contributed by atoms with E-state index in [-0.39, 0.29) is 24.3 Å². The van der Waals surface area contributed by atoms with Crippen LogP contribution in [-0.4, -0.2) is 61.5 Å². The number of nitriles is 1. The molecule has 184 valence electrons. The molecule has 1 aliphatic rings. The van der Waals surface area contributed by atoms with Crippen LogP contribution in [0.25, 0.3) is 11.3 Å². The van der Waals surface area contributed by atoms with Crippen LogP contribution < -0.4 is 15.5 Å². The Bertz CT molecular complexity index is 1290. The molecule has 0 bridgehead atoms. The molecule has 0 spiro atoms. The van der Waals surface area contributed by atoms with Gasteiger partial charge in [0, 0.05) is 25.2 Å². The van der Waals surface area contributed by atoms with Gasteiger partial charge in [-0.25, -0.2) is 9.37 Å². The molecule has 0 saturated carbocycles. The van der Waals surface area contributed by atoms with Gasteiger partial charge in [0.2, 0.25) is 12.3 Å². The first-order chi connectivity index (χ1) is 17.5. The highest BCUT2D eigenvalue weighted by Crippen LogP contribution is 2.29. The molecule has 36 heavy (non-hydrogen) atoms. The summed E-state index contributed by atoms with van der Waals surface area (Å²) < 4.78 is 13.6. The van der Waals surface area contributed by atoms with Gasteiger partial charge in [-0.05, 0) is 49.4 Å². The SMILES string of the molecule is CN1CC(=O)NC(CN(C=O)c2ccc(-c3ccccc3C#N)nc2NCCc2cccc(F)c2)C1. The maximum atomic E-state index is 13.6. The van der Waals surface area contributed by atoms with Crippen molar-refractivity contribution in [2.75, 3.05) is 43.4 Å². The largest absolute Gasteiger partial charge is 0.368 e. The van der Waals surface area contributed by atoms with Crippen LogP contribution in [0.15, 0.2) is 60.7 Å². The second kappa shape index (κ2) is 11.4. The summed E-state index contributed by atoms with van der Waals surface area (Å²) in [5, 5.41) is 15.7. The topological polar surface area (TPSA) is 101 Å². The summed E-state index contributed by atoms with van der Waals surface area (Å²) in [5.41, 5.74) is 3.13. The lowest BCUT2D eigenvalue weighted by Crippen LogP contribution is -2.56. The van der Waals surface area contributed by atoms with E-state index >= 15 is 0 Å². The Morgan fingerprint density at radius 2 is 2.08 bits per heavy atom. The van der Waals surface area contributed by atoms with E-state index in [0.29, 0.717) is 54.4 Å². The van der Waals surface area contributed by atoms with Gasteiger partial charge in [0.05, 0.1) is 35.6 Å². The van der Waals surface area contributed by atoms with E-state index in [0.717, 1.165) is 12.0 Å². The van der Waals surface area contributed by atoms with E-state index in [2.05, 4.69) is 16.7 Å². The summed E-state index contributed by atoms with van der Waals surface area (Å²) in [4.78, 5) is 32.3. The monoisotopic (exact) mass is 486 g/mol. The van der Waals surface area contributed by atoms with E-state index < -0.39 is 0 Å². The van der Waals surface area contributed by atoms with Crippen LogP contribution in [0.5, 0.6) is 0 Å². The van der Waals surface area contributed by atoms with Crippen LogP contribution in [0.2, 0.25) is 0 Å². The predicted octanol–water partition coefficient (Wildman–Crippen LogP) is 2.81. The smallest absolute Gasteiger partial charge is 0.234 e. The van der Waals surface area contributed by atoms with Gasteiger partial charge in [-0.3, -0.25) is 14.5 Å². The second-order valence-corrected chi connectivity index (χ2v) is 8.75. The minimum Gasteiger partial charge on any atom is -0.368 e. The molecule has 1 aromatic heterocycles. The summed E-state index contributed by atoms with van der Waals surface area (Å²) >= 11 is 0. The van der Waals surface area contributed by atoms with Crippen molar-refractivity contribution >= 4 is 23.8 Å². The third-order valence-corrected chi connectivity index (χ3v) is 5.96. The molecular formula is C27H27FN6O2. The number of nitrogens with one attached hydrogen (secondary N) is 2. The molecule has 3 aromatic rings. The second-order valence-electron chi connectivity index (χ2n) is 8.75. The van der Waals surface area contributed by atoms with Crippen LogP contribution in [0, 0.1) is 17.1 Å². The van der Waals surface area contributed by atoms with Crippen LogP contribution in [0.1, 0.15) is 11.1 Å². The molecule has 2 heterocycles. The third-order valence-electron chi connectivity index (χ3n) is 5.96. The Kier molecular flexibility index (Phi) is 7.88. The maximum absolute atomic E-state index is 13.6. The standard InChI is InChI=1S/C27H27FN6O2/c1-33-15-22(31-26(36)17-33)16-34(18-35)25-10-9-24(23-8-3-2-6-20(23)14-29)32-27(25)30-12-11-19-5-4-7-21(28)13-19/h2-10,13,18,22H,11-12,15-17H2,1H3,(H,30,32)(H,31,36). The van der Waals surface area contributed by atoms with Crippen LogP contribution in [-0.2, 0) is 16.0 Å². The number of rotatable bonds is 9. The van der Waals surface area contributed by atoms with Gasteiger partial charge in [-0.2, -0.15) is 5.26 Å². The van der Waals surface area contributed by atoms with E-state index in [1.165, 1.54) is 17.0 Å². The molecule has 0 aliphatic carbocycles. The van der Waals surface area contributed by atoms with Gasteiger partial charge in [0.1, 0.15) is 5.82 Å². The van der Waals surface area contributed by atoms with Crippen molar-refractivity contribution in [2.45, 2.75) is 12.5 Å². The average Bonchev–Trinajstić information content (AvgIpc) is 2.87. The van der Waals surface area contributed by atoms with Gasteiger partial charge < -0.3 is 15.5 Å². The molecule has 2 N–H and O–H groups in total. The quantitative estimate of drug-likeness (QED) is 0.451. The molecule has 4 rings (SSSR count). The first-order valence-corrected chi connectivity index (χ1v) is 11.7. The van der Waals surface area contributed by atoms with Gasteiger partial charge in [0.15, 0.2) is 5.82 Å². The van der Waals surface area contributed by atoms with E-state index in [1.54, 1.807) is 30.3 Å². The zero-order valence-electron chi connectivity index (χ0n) is 19.9. The van der Waals surface area contributed by atoms with Gasteiger partial charge in [-0.15, -0.1) is 0 Å². The minimum absolute atomic E-state index is 0.0883. The molecule has 8 nitrogen and oxygen atoms in total. The molecular weight excluding hydrogens is 459 g/mol. The number of nitrogens with zero attached hydrogens (tertiary/aromatic N) is 4. The lowest BCUT2D eigenvalue weighted by molar-refractivity contribution is -0.125. The number of carbonyl (C=O) groups is 2. The average molecular weight is 487 g/mol. The van der Waals surface area contributed by atoms with Crippen molar-refractivity contribution in [3.05, 3.63) is 77.6 Å². The van der Waals surface area contributed by atoms with Crippen molar-refractivity contribution in [1.29, 1.82) is 5.26 Å². The number of anilines is 2. The molecule has 9 heteroatoms. The highest BCUT2D eigenvalue weighted by Gasteiger charge is 2.25. The number of halogens is 1. The van der Waals surface area contributed by atoms with Gasteiger partial charge in [-0.1, -0.05) is 30.3 Å². The Hall–Kier alpha value is -4.29. The van der Waals surface area contributed by atoms with Gasteiger partial charge in [0.25, 0.3) is 0 Å². The number of likely N-dealkylation sites (N-methyl/N-ethyl adjacent to an activating group) is 1. The number of piperazine rings is 1. The lowest BCUT2D eigenvalue weighted by Gasteiger charge is -2.33. The number of pyridine rings is 1. The van der Waals surface area contributed by atoms with Crippen molar-refractivity contribution in [3.8, 4) is 17.3 Å². The Morgan fingerprint density at radius 1 is 1.25 bits per heavy atom. The van der Waals surface area contributed by atoms with Crippen molar-refractivity contribution in [1.82, 2.24) is 15.2 Å². The molecule has 1 aliphatic heterocycles. The summed E-state index contributed by atoms with van der Waals surface area (Å²) in [6.45, 7) is 1.65. The first-order valence-electron chi connectivity index (χ1n) is 11.7. The Labute approximate surface area is 209 Å². The number of carbonyl (C=O) groups excluding carboxylic acids is 2. The van der Waals surface area contributed by atoms with Crippen LogP contribution in [0.3, 0.4) is 0 Å². The zero-order valence-corrected chi connectivity index (χ0v) is 19.9. The lowest BCUT2D eigenvalue weighted by atomic mass is 10.0. The van der Waals surface area contributed by atoms with Crippen LogP contribution in [0.4, 0.5) is 15.9 Å². The van der Waals surface area contributed by atoms with E-state index in [1.807, 2.05) is 30.1 Å². The number of benzene rings is 2. The molecule has 1 fully saturated rings. The molecule has 2 aromatic carbocycles. The summed E-state index contributed by atoms with van der Waals surface area (Å²) in [7, 11) is 1.86. The van der Waals surface area contributed by atoms with Gasteiger partial charge >= 0.3 is 0 Å². The number of aromatic nitrogens is 1. The summed E-state index contributed by atoms with van der Waals surface area (Å²) in [6, 6.07) is 19.1. The fourth-order valence-electron chi connectivity index (χ4n) is 4.33. The van der Waals surface area contributed by atoms with Crippen molar-refractivity contribution in [2.24, 2.45) is 0 Å². The number of hydrogen-bond donors (Lipinski definition) is 2. The van der Waals surface area contributed by atoms with E-state index in [9.17, 15) is 19.2 Å². The van der Waals surface area contributed by atoms with Crippen LogP contribution >= 0.6 is 0 Å². The minimum atomic E-state index is -0.298. The number of amides is 2. The fourth-order valence-corrected chi connectivity index (χ4v) is 4.33. The Balaban J connectivity index is 1.62. The highest BCUT2D eigenvalue weighted by molar-refractivity contribution is 5.84. The maximum Gasteiger partial charge on any atom is 0.234 e.